The summed E-state index contributed by atoms with van der Waals surface area (Å²) in [6.45, 7) is 4.39. The first-order valence-electron chi connectivity index (χ1n) is 21.2. The first-order chi connectivity index (χ1) is 24.5. The van der Waals surface area contributed by atoms with Gasteiger partial charge in [0.05, 0.1) is 0 Å². The Bertz CT molecular complexity index is 1140. The van der Waals surface area contributed by atoms with Crippen LogP contribution in [-0.2, 0) is 27.2 Å². The molecule has 0 amide bonds. The van der Waals surface area contributed by atoms with E-state index in [1.54, 1.807) is 0 Å². The molecule has 2 aromatic carbocycles. The van der Waals surface area contributed by atoms with Crippen LogP contribution in [0.5, 0.6) is 0 Å². The second-order valence-electron chi connectivity index (χ2n) is 16.1. The first kappa shape index (κ1) is 40.2. The minimum Gasteiger partial charge on any atom is -0.300 e. The fourth-order valence-electron chi connectivity index (χ4n) is 8.70. The number of unbranched alkanes of at least 4 members (excludes halogenated alkanes) is 8. The third kappa shape index (κ3) is 14.2. The molecule has 0 unspecified atom stereocenters. The van der Waals surface area contributed by atoms with E-state index in [4.69, 9.17) is 0 Å². The van der Waals surface area contributed by atoms with Crippen molar-refractivity contribution in [1.82, 2.24) is 0 Å². The number of rotatable bonds is 24. The van der Waals surface area contributed by atoms with Gasteiger partial charge in [0.1, 0.15) is 17.3 Å². The van der Waals surface area contributed by atoms with E-state index in [2.05, 4.69) is 62.4 Å². The monoisotopic (exact) mass is 683 g/mol. The third-order valence-electron chi connectivity index (χ3n) is 12.2. The molecule has 4 rings (SSSR count). The molecule has 0 radical (unpaired) electrons. The van der Waals surface area contributed by atoms with Gasteiger partial charge in [0.2, 0.25) is 0 Å². The molecule has 0 atom stereocenters. The van der Waals surface area contributed by atoms with Gasteiger partial charge in [-0.2, -0.15) is 0 Å². The van der Waals surface area contributed by atoms with Crippen molar-refractivity contribution < 1.29 is 14.4 Å². The normalized spacial score (nSPS) is 20.8. The maximum atomic E-state index is 12.5. The number of hydrogen-bond acceptors (Lipinski definition) is 3. The Hall–Kier alpha value is -2.55. The molecule has 0 spiro atoms. The average Bonchev–Trinajstić information content (AvgIpc) is 3.15. The van der Waals surface area contributed by atoms with Gasteiger partial charge < -0.3 is 0 Å². The van der Waals surface area contributed by atoms with E-state index in [1.807, 2.05) is 0 Å². The van der Waals surface area contributed by atoms with Gasteiger partial charge >= 0.3 is 0 Å². The van der Waals surface area contributed by atoms with E-state index in [1.165, 1.54) is 47.9 Å². The van der Waals surface area contributed by atoms with Crippen molar-refractivity contribution in [3.8, 4) is 0 Å². The molecule has 2 fully saturated rings. The van der Waals surface area contributed by atoms with Gasteiger partial charge in [-0.25, -0.2) is 0 Å². The minimum atomic E-state index is 0.310. The second kappa shape index (κ2) is 23.1. The molecule has 0 aliphatic heterocycles. The summed E-state index contributed by atoms with van der Waals surface area (Å²) in [6.07, 6.45) is 27.5. The number of ketones is 3. The van der Waals surface area contributed by atoms with E-state index in [0.717, 1.165) is 141 Å². The van der Waals surface area contributed by atoms with Crippen molar-refractivity contribution >= 4 is 17.3 Å². The number of hydrogen-bond donors (Lipinski definition) is 0. The lowest BCUT2D eigenvalue weighted by Crippen LogP contribution is -2.21. The molecule has 276 valence electrons. The third-order valence-corrected chi connectivity index (χ3v) is 12.2. The Morgan fingerprint density at radius 3 is 1.16 bits per heavy atom. The van der Waals surface area contributed by atoms with Crippen LogP contribution in [0.2, 0.25) is 0 Å². The number of benzene rings is 2. The van der Waals surface area contributed by atoms with E-state index in [0.29, 0.717) is 41.0 Å². The quantitative estimate of drug-likeness (QED) is 0.104. The molecule has 2 aliphatic rings. The highest BCUT2D eigenvalue weighted by Crippen LogP contribution is 2.38. The van der Waals surface area contributed by atoms with Crippen LogP contribution in [0.3, 0.4) is 0 Å². The Kier molecular flexibility index (Phi) is 18.6. The second-order valence-corrected chi connectivity index (χ2v) is 16.1. The standard InChI is InChI=1S/C47H70O3/c1-3-5-9-19-46(49)43-33-29-41(30-34-43)39-25-21-37(22-26-39)15-11-7-13-17-45(48)18-14-8-12-16-38-23-27-40(28-24-38)42-31-35-44(36-32-42)47(50)20-10-6-4-2/h21-28,41-44H,3-20,29-36H2,1-2H3. The predicted molar refractivity (Wildman–Crippen MR) is 210 cm³/mol. The zero-order valence-corrected chi connectivity index (χ0v) is 32.0. The zero-order chi connectivity index (χ0) is 35.4. The van der Waals surface area contributed by atoms with Crippen LogP contribution < -0.4 is 0 Å². The molecule has 0 N–H and O–H groups in total. The van der Waals surface area contributed by atoms with Gasteiger partial charge in [-0.15, -0.1) is 0 Å². The highest BCUT2D eigenvalue weighted by Gasteiger charge is 2.27. The fraction of sp³-hybridized carbons (Fsp3) is 0.681. The lowest BCUT2D eigenvalue weighted by atomic mass is 9.76. The Labute approximate surface area is 306 Å². The lowest BCUT2D eigenvalue weighted by Gasteiger charge is -2.28. The Morgan fingerprint density at radius 2 is 0.800 bits per heavy atom. The summed E-state index contributed by atoms with van der Waals surface area (Å²) >= 11 is 0. The van der Waals surface area contributed by atoms with E-state index in [-0.39, 0.29) is 0 Å². The molecule has 50 heavy (non-hydrogen) atoms. The maximum Gasteiger partial charge on any atom is 0.135 e. The maximum absolute atomic E-state index is 12.5. The van der Waals surface area contributed by atoms with E-state index >= 15 is 0 Å². The van der Waals surface area contributed by atoms with Crippen molar-refractivity contribution in [3.63, 3.8) is 0 Å². The number of aryl methyl sites for hydroxylation is 2. The summed E-state index contributed by atoms with van der Waals surface area (Å²) in [5, 5.41) is 0. The summed E-state index contributed by atoms with van der Waals surface area (Å²) in [5.41, 5.74) is 5.71. The van der Waals surface area contributed by atoms with Crippen LogP contribution in [0.4, 0.5) is 0 Å². The van der Waals surface area contributed by atoms with Gasteiger partial charge in [0.15, 0.2) is 0 Å². The molecular formula is C47H70O3. The molecule has 0 heterocycles. The molecule has 3 nitrogen and oxygen atoms in total. The highest BCUT2D eigenvalue weighted by molar-refractivity contribution is 5.81. The Morgan fingerprint density at radius 1 is 0.440 bits per heavy atom. The predicted octanol–water partition coefficient (Wildman–Crippen LogP) is 13.0. The minimum absolute atomic E-state index is 0.310. The summed E-state index contributed by atoms with van der Waals surface area (Å²) in [6, 6.07) is 18.5. The number of Topliss-reactive ketones (excluding diaryl/α,β-unsaturated/α-hetero) is 3. The molecule has 2 aromatic rings. The molecule has 0 aromatic heterocycles. The number of carbonyl (C=O) groups is 3. The molecule has 2 saturated carbocycles. The molecule has 0 saturated heterocycles. The molecule has 0 bridgehead atoms. The van der Waals surface area contributed by atoms with Crippen LogP contribution in [0.15, 0.2) is 48.5 Å². The Balaban J connectivity index is 0.991. The van der Waals surface area contributed by atoms with Crippen LogP contribution in [-0.4, -0.2) is 17.3 Å². The van der Waals surface area contributed by atoms with Crippen molar-refractivity contribution in [2.75, 3.05) is 0 Å². The van der Waals surface area contributed by atoms with Crippen LogP contribution in [0.25, 0.3) is 0 Å². The van der Waals surface area contributed by atoms with Gasteiger partial charge in [0.25, 0.3) is 0 Å². The lowest BCUT2D eigenvalue weighted by molar-refractivity contribution is -0.124. The SMILES string of the molecule is CCCCCC(=O)C1CCC(c2ccc(CCCCCC(=O)CCCCCc3ccc(C4CCC(C(=O)CCCCC)CC4)cc3)cc2)CC1. The summed E-state index contributed by atoms with van der Waals surface area (Å²) < 4.78 is 0. The molecular weight excluding hydrogens is 613 g/mol. The first-order valence-corrected chi connectivity index (χ1v) is 21.2. The van der Waals surface area contributed by atoms with Gasteiger partial charge in [-0.1, -0.05) is 101 Å². The summed E-state index contributed by atoms with van der Waals surface area (Å²) in [7, 11) is 0. The van der Waals surface area contributed by atoms with E-state index in [9.17, 15) is 14.4 Å². The van der Waals surface area contributed by atoms with Crippen molar-refractivity contribution in [2.45, 2.75) is 193 Å². The summed E-state index contributed by atoms with van der Waals surface area (Å²) in [5.74, 6) is 3.31. The largest absolute Gasteiger partial charge is 0.300 e. The van der Waals surface area contributed by atoms with Crippen LogP contribution >= 0.6 is 0 Å². The van der Waals surface area contributed by atoms with E-state index < -0.39 is 0 Å². The van der Waals surface area contributed by atoms with Gasteiger partial charge in [-0.3, -0.25) is 14.4 Å². The summed E-state index contributed by atoms with van der Waals surface area (Å²) in [4.78, 5) is 37.5. The number of carbonyl (C=O) groups excluding carboxylic acids is 3. The smallest absolute Gasteiger partial charge is 0.135 e. The van der Waals surface area contributed by atoms with Crippen molar-refractivity contribution in [1.29, 1.82) is 0 Å². The van der Waals surface area contributed by atoms with Gasteiger partial charge in [-0.05, 0) is 137 Å². The topological polar surface area (TPSA) is 51.2 Å². The van der Waals surface area contributed by atoms with Crippen molar-refractivity contribution in [3.05, 3.63) is 70.8 Å². The van der Waals surface area contributed by atoms with Gasteiger partial charge in [0, 0.05) is 37.5 Å². The van der Waals surface area contributed by atoms with Crippen molar-refractivity contribution in [2.24, 2.45) is 11.8 Å². The van der Waals surface area contributed by atoms with Crippen LogP contribution in [0, 0.1) is 11.8 Å². The molecule has 3 heteroatoms. The zero-order valence-electron chi connectivity index (χ0n) is 32.0. The van der Waals surface area contributed by atoms with Crippen LogP contribution in [0.1, 0.15) is 202 Å². The highest BCUT2D eigenvalue weighted by atomic mass is 16.1. The fourth-order valence-corrected chi connectivity index (χ4v) is 8.70. The molecule has 2 aliphatic carbocycles. The average molecular weight is 683 g/mol.